The van der Waals surface area contributed by atoms with E-state index in [4.69, 9.17) is 4.74 Å². The topological polar surface area (TPSA) is 49.8 Å². The largest absolute Gasteiger partial charge is 0.489 e. The first-order valence-electron chi connectivity index (χ1n) is 10.9. The van der Waals surface area contributed by atoms with Gasteiger partial charge in [0.1, 0.15) is 12.4 Å². The highest BCUT2D eigenvalue weighted by Gasteiger charge is 2.46. The molecule has 29 heavy (non-hydrogen) atoms. The Morgan fingerprint density at radius 1 is 1.03 bits per heavy atom. The minimum absolute atomic E-state index is 0.0496. The number of likely N-dealkylation sites (tertiary alicyclic amines) is 1. The Kier molecular flexibility index (Phi) is 4.83. The molecular formula is C25H29NO3. The smallest absolute Gasteiger partial charge is 0.303 e. The van der Waals surface area contributed by atoms with Gasteiger partial charge in [-0.3, -0.25) is 4.79 Å². The van der Waals surface area contributed by atoms with Crippen molar-refractivity contribution in [2.24, 2.45) is 11.3 Å². The van der Waals surface area contributed by atoms with E-state index in [-0.39, 0.29) is 5.41 Å². The number of hydrogen-bond acceptors (Lipinski definition) is 3. The quantitative estimate of drug-likeness (QED) is 0.804. The fourth-order valence-corrected chi connectivity index (χ4v) is 5.48. The highest BCUT2D eigenvalue weighted by atomic mass is 16.5. The minimum atomic E-state index is -0.649. The third-order valence-corrected chi connectivity index (χ3v) is 7.17. The lowest BCUT2D eigenvalue weighted by Gasteiger charge is -2.38. The molecule has 1 saturated carbocycles. The van der Waals surface area contributed by atoms with Crippen LogP contribution in [0.2, 0.25) is 0 Å². The third-order valence-electron chi connectivity index (χ3n) is 7.17. The van der Waals surface area contributed by atoms with Gasteiger partial charge in [0.15, 0.2) is 0 Å². The molecule has 0 amide bonds. The number of carbonyl (C=O) groups is 1. The molecule has 2 aromatic rings. The summed E-state index contributed by atoms with van der Waals surface area (Å²) in [6.07, 6.45) is 4.76. The first-order chi connectivity index (χ1) is 14.1. The Hall–Kier alpha value is -2.33. The van der Waals surface area contributed by atoms with Gasteiger partial charge in [-0.1, -0.05) is 42.5 Å². The van der Waals surface area contributed by atoms with Crippen LogP contribution in [0.15, 0.2) is 48.5 Å². The number of hydrogen-bond donors (Lipinski definition) is 1. The zero-order valence-corrected chi connectivity index (χ0v) is 16.8. The summed E-state index contributed by atoms with van der Waals surface area (Å²) in [5, 5.41) is 9.21. The average Bonchev–Trinajstić information content (AvgIpc) is 3.49. The molecule has 1 unspecified atom stereocenters. The molecule has 1 N–H and O–H groups in total. The van der Waals surface area contributed by atoms with Crippen LogP contribution in [0.25, 0.3) is 0 Å². The van der Waals surface area contributed by atoms with Crippen LogP contribution in [0, 0.1) is 11.3 Å². The Labute approximate surface area is 172 Å². The van der Waals surface area contributed by atoms with E-state index in [0.717, 1.165) is 51.1 Å². The van der Waals surface area contributed by atoms with E-state index in [9.17, 15) is 9.90 Å². The summed E-state index contributed by atoms with van der Waals surface area (Å²) >= 11 is 0. The summed E-state index contributed by atoms with van der Waals surface area (Å²) in [6, 6.07) is 17.3. The Morgan fingerprint density at radius 2 is 1.72 bits per heavy atom. The molecule has 4 heteroatoms. The number of rotatable bonds is 5. The Bertz CT molecular complexity index is 849. The first-order valence-corrected chi connectivity index (χ1v) is 10.9. The van der Waals surface area contributed by atoms with Crippen molar-refractivity contribution in [1.82, 2.24) is 4.90 Å². The molecule has 2 aromatic carbocycles. The van der Waals surface area contributed by atoms with Gasteiger partial charge in [-0.25, -0.2) is 0 Å². The van der Waals surface area contributed by atoms with E-state index in [1.54, 1.807) is 0 Å². The molecule has 152 valence electrons. The maximum atomic E-state index is 11.2. The lowest BCUT2D eigenvalue weighted by molar-refractivity contribution is -0.138. The van der Waals surface area contributed by atoms with Gasteiger partial charge in [0.05, 0.1) is 6.42 Å². The second kappa shape index (κ2) is 7.49. The number of benzene rings is 2. The van der Waals surface area contributed by atoms with Crippen molar-refractivity contribution in [2.75, 3.05) is 19.6 Å². The predicted molar refractivity (Wildman–Crippen MR) is 112 cm³/mol. The maximum Gasteiger partial charge on any atom is 0.303 e. The number of fused-ring (bicyclic) bond motifs is 2. The van der Waals surface area contributed by atoms with Gasteiger partial charge in [0.2, 0.25) is 0 Å². The van der Waals surface area contributed by atoms with Crippen molar-refractivity contribution < 1.29 is 14.6 Å². The second-order valence-corrected chi connectivity index (χ2v) is 9.19. The molecule has 2 heterocycles. The van der Waals surface area contributed by atoms with Crippen LogP contribution >= 0.6 is 0 Å². The molecule has 0 aromatic heterocycles. The maximum absolute atomic E-state index is 11.2. The summed E-state index contributed by atoms with van der Waals surface area (Å²) in [4.78, 5) is 13.7. The normalized spacial score (nSPS) is 23.4. The van der Waals surface area contributed by atoms with Crippen LogP contribution in [0.1, 0.15) is 54.7 Å². The van der Waals surface area contributed by atoms with Crippen LogP contribution in [-0.4, -0.2) is 35.6 Å². The van der Waals surface area contributed by atoms with E-state index in [1.165, 1.54) is 16.7 Å². The number of nitrogens with zero attached hydrogens (tertiary/aromatic N) is 1. The zero-order valence-electron chi connectivity index (χ0n) is 16.8. The number of carboxylic acids is 1. The zero-order chi connectivity index (χ0) is 19.8. The van der Waals surface area contributed by atoms with E-state index >= 15 is 0 Å². The molecule has 1 atom stereocenters. The predicted octanol–water partition coefficient (Wildman–Crippen LogP) is 4.68. The fourth-order valence-electron chi connectivity index (χ4n) is 5.48. The van der Waals surface area contributed by atoms with Crippen molar-refractivity contribution in [3.8, 4) is 5.75 Å². The number of carboxylic acid groups (broad SMARTS) is 1. The molecule has 2 aliphatic heterocycles. The summed E-state index contributed by atoms with van der Waals surface area (Å²) in [5.74, 6) is 1.34. The van der Waals surface area contributed by atoms with Crippen molar-refractivity contribution in [3.63, 3.8) is 0 Å². The van der Waals surface area contributed by atoms with E-state index in [2.05, 4.69) is 53.4 Å². The molecule has 4 nitrogen and oxygen atoms in total. The van der Waals surface area contributed by atoms with E-state index in [0.29, 0.717) is 24.9 Å². The Morgan fingerprint density at radius 3 is 2.45 bits per heavy atom. The molecule has 0 radical (unpaired) electrons. The molecule has 0 bridgehead atoms. The molecular weight excluding hydrogens is 362 g/mol. The second-order valence-electron chi connectivity index (χ2n) is 9.19. The van der Waals surface area contributed by atoms with Crippen molar-refractivity contribution in [1.29, 1.82) is 0 Å². The van der Waals surface area contributed by atoms with Crippen LogP contribution in [-0.2, 0) is 11.4 Å². The van der Waals surface area contributed by atoms with E-state index in [1.807, 2.05) is 0 Å². The number of aliphatic carboxylic acids is 1. The number of para-hydroxylation sites is 1. The lowest BCUT2D eigenvalue weighted by Crippen LogP contribution is -2.39. The van der Waals surface area contributed by atoms with E-state index < -0.39 is 5.97 Å². The van der Waals surface area contributed by atoms with Gasteiger partial charge in [-0.05, 0) is 67.3 Å². The molecule has 0 spiro atoms. The summed E-state index contributed by atoms with van der Waals surface area (Å²) in [7, 11) is 0. The van der Waals surface area contributed by atoms with Crippen LogP contribution in [0.4, 0.5) is 0 Å². The van der Waals surface area contributed by atoms with Crippen molar-refractivity contribution >= 4 is 5.97 Å². The van der Waals surface area contributed by atoms with Crippen LogP contribution < -0.4 is 4.74 Å². The van der Waals surface area contributed by atoms with Gasteiger partial charge >= 0.3 is 5.97 Å². The highest BCUT2D eigenvalue weighted by molar-refractivity contribution is 5.68. The van der Waals surface area contributed by atoms with Crippen LogP contribution in [0.3, 0.4) is 0 Å². The molecule has 1 saturated heterocycles. The summed E-state index contributed by atoms with van der Waals surface area (Å²) in [6.45, 7) is 3.72. The van der Waals surface area contributed by atoms with Gasteiger partial charge in [-0.2, -0.15) is 0 Å². The fraction of sp³-hybridized carbons (Fsp3) is 0.480. The Balaban J connectivity index is 1.35. The lowest BCUT2D eigenvalue weighted by atomic mass is 9.75. The van der Waals surface area contributed by atoms with Gasteiger partial charge in [0.25, 0.3) is 0 Å². The minimum Gasteiger partial charge on any atom is -0.489 e. The molecule has 2 fully saturated rings. The van der Waals surface area contributed by atoms with Crippen molar-refractivity contribution in [2.45, 2.75) is 44.6 Å². The SMILES string of the molecule is O=C(O)CC1(CN2CCC(C3c4ccccc4COc4ccccc43)CC2)CC1. The van der Waals surface area contributed by atoms with Gasteiger partial charge < -0.3 is 14.7 Å². The number of ether oxygens (including phenoxy) is 1. The van der Waals surface area contributed by atoms with Crippen LogP contribution in [0.5, 0.6) is 5.75 Å². The summed E-state index contributed by atoms with van der Waals surface area (Å²) in [5.41, 5.74) is 4.09. The number of piperidine rings is 1. The monoisotopic (exact) mass is 391 g/mol. The third kappa shape index (κ3) is 3.78. The van der Waals surface area contributed by atoms with Gasteiger partial charge in [-0.15, -0.1) is 0 Å². The highest BCUT2D eigenvalue weighted by Crippen LogP contribution is 2.50. The van der Waals surface area contributed by atoms with Gasteiger partial charge in [0, 0.05) is 18.0 Å². The van der Waals surface area contributed by atoms with Crippen molar-refractivity contribution in [3.05, 3.63) is 65.2 Å². The molecule has 5 rings (SSSR count). The molecule has 1 aliphatic carbocycles. The molecule has 3 aliphatic rings. The first kappa shape index (κ1) is 18.7. The average molecular weight is 392 g/mol. The summed E-state index contributed by atoms with van der Waals surface area (Å²) < 4.78 is 6.16. The standard InChI is InChI=1S/C25H29NO3/c27-23(28)15-25(11-12-25)17-26-13-9-18(10-14-26)24-20-6-2-1-5-19(20)16-29-22-8-4-3-7-21(22)24/h1-8,18,24H,9-17H2,(H,27,28).